The van der Waals surface area contributed by atoms with Crippen LogP contribution in [0.4, 0.5) is 0 Å². The molecule has 0 unspecified atom stereocenters. The lowest BCUT2D eigenvalue weighted by atomic mass is 10.1. The molecule has 0 radical (unpaired) electrons. The van der Waals surface area contributed by atoms with E-state index in [-0.39, 0.29) is 11.7 Å². The quantitative estimate of drug-likeness (QED) is 0.231. The first-order chi connectivity index (χ1) is 6.03. The molecular formula is C7H14N4O2. The van der Waals surface area contributed by atoms with Crippen molar-refractivity contribution >= 4 is 11.7 Å². The average Bonchev–Trinajstić information content (AvgIpc) is 2.82. The summed E-state index contributed by atoms with van der Waals surface area (Å²) in [6.07, 6.45) is 1.28. The molecule has 1 rings (SSSR count). The van der Waals surface area contributed by atoms with E-state index in [0.29, 0.717) is 12.8 Å². The summed E-state index contributed by atoms with van der Waals surface area (Å²) in [5.74, 6) is -0.223. The predicted molar refractivity (Wildman–Crippen MR) is 46.9 cm³/mol. The molecule has 0 heterocycles. The van der Waals surface area contributed by atoms with Crippen LogP contribution in [0.3, 0.4) is 0 Å². The summed E-state index contributed by atoms with van der Waals surface area (Å²) in [5, 5.41) is 12.9. The number of hydrogen-bond donors (Lipinski definition) is 3. The van der Waals surface area contributed by atoms with Gasteiger partial charge in [-0.05, 0) is 12.8 Å². The summed E-state index contributed by atoms with van der Waals surface area (Å²) in [5.41, 5.74) is 7.23. The Hall–Kier alpha value is -1.30. The molecule has 1 aliphatic rings. The maximum Gasteiger partial charge on any atom is 0.248 e. The third-order valence-electron chi connectivity index (χ3n) is 2.11. The van der Waals surface area contributed by atoms with Gasteiger partial charge in [-0.15, -0.1) is 0 Å². The van der Waals surface area contributed by atoms with E-state index in [9.17, 15) is 4.79 Å². The molecule has 1 amide bonds. The van der Waals surface area contributed by atoms with Crippen LogP contribution in [0.2, 0.25) is 0 Å². The number of hydrogen-bond acceptors (Lipinski definition) is 4. The molecule has 13 heavy (non-hydrogen) atoms. The van der Waals surface area contributed by atoms with Gasteiger partial charge < -0.3 is 10.9 Å². The van der Waals surface area contributed by atoms with Crippen LogP contribution in [0.5, 0.6) is 0 Å². The maximum atomic E-state index is 11.5. The molecule has 0 aliphatic heterocycles. The number of rotatable bonds is 3. The molecule has 0 saturated heterocycles. The molecule has 0 aromatic carbocycles. The van der Waals surface area contributed by atoms with Crippen LogP contribution in [-0.2, 0) is 4.79 Å². The van der Waals surface area contributed by atoms with E-state index in [1.807, 2.05) is 0 Å². The third-order valence-corrected chi connectivity index (χ3v) is 2.11. The number of carbonyl (C=O) groups excluding carboxylic acids is 1. The van der Waals surface area contributed by atoms with E-state index >= 15 is 0 Å². The zero-order valence-electron chi connectivity index (χ0n) is 7.74. The molecule has 0 bridgehead atoms. The summed E-state index contributed by atoms with van der Waals surface area (Å²) in [4.78, 5) is 11.5. The number of amides is 1. The molecule has 0 aromatic rings. The minimum Gasteiger partial charge on any atom is -0.409 e. The Morgan fingerprint density at radius 2 is 2.15 bits per heavy atom. The van der Waals surface area contributed by atoms with Gasteiger partial charge in [-0.3, -0.25) is 10.2 Å². The Kier molecular flexibility index (Phi) is 2.42. The zero-order valence-corrected chi connectivity index (χ0v) is 7.74. The predicted octanol–water partition coefficient (Wildman–Crippen LogP) is -0.894. The second kappa shape index (κ2) is 3.21. The lowest BCUT2D eigenvalue weighted by Gasteiger charge is -2.17. The number of nitrogens with one attached hydrogen (secondary N) is 1. The number of hydrazine groups is 1. The van der Waals surface area contributed by atoms with Crippen LogP contribution in [-0.4, -0.2) is 36.1 Å². The number of carbonyl (C=O) groups is 1. The number of amidine groups is 1. The standard InChI is InChI=1S/C7H14N4O2/c1-11(2)9-6(12)7(3-4-7)5(8)10-13/h13H,3-4H2,1-2H3,(H2,8,10)(H,9,12). The highest BCUT2D eigenvalue weighted by molar-refractivity contribution is 6.09. The molecule has 4 N–H and O–H groups in total. The van der Waals surface area contributed by atoms with E-state index in [1.54, 1.807) is 14.1 Å². The summed E-state index contributed by atoms with van der Waals surface area (Å²) in [6, 6.07) is 0. The SMILES string of the molecule is CN(C)NC(=O)C1(C(N)=NO)CC1. The second-order valence-electron chi connectivity index (χ2n) is 3.40. The Labute approximate surface area is 76.3 Å². The molecule has 0 aromatic heterocycles. The van der Waals surface area contributed by atoms with Gasteiger partial charge in [0.25, 0.3) is 0 Å². The molecule has 6 heteroatoms. The summed E-state index contributed by atoms with van der Waals surface area (Å²) < 4.78 is 0. The highest BCUT2D eigenvalue weighted by atomic mass is 16.4. The number of oxime groups is 1. The average molecular weight is 186 g/mol. The molecule has 0 atom stereocenters. The van der Waals surface area contributed by atoms with Crippen molar-refractivity contribution in [3.63, 3.8) is 0 Å². The van der Waals surface area contributed by atoms with Crippen molar-refractivity contribution < 1.29 is 10.0 Å². The minimum absolute atomic E-state index is 0.00755. The zero-order chi connectivity index (χ0) is 10.1. The fraction of sp³-hybridized carbons (Fsp3) is 0.714. The third kappa shape index (κ3) is 1.72. The largest absolute Gasteiger partial charge is 0.409 e. The summed E-state index contributed by atoms with van der Waals surface area (Å²) >= 11 is 0. The Balaban J connectivity index is 2.66. The molecule has 6 nitrogen and oxygen atoms in total. The van der Waals surface area contributed by atoms with E-state index in [1.165, 1.54) is 5.01 Å². The smallest absolute Gasteiger partial charge is 0.248 e. The Morgan fingerprint density at radius 1 is 1.62 bits per heavy atom. The van der Waals surface area contributed by atoms with Gasteiger partial charge in [0, 0.05) is 14.1 Å². The van der Waals surface area contributed by atoms with Gasteiger partial charge in [-0.25, -0.2) is 5.01 Å². The van der Waals surface area contributed by atoms with Crippen molar-refractivity contribution in [3.05, 3.63) is 0 Å². The number of nitrogens with zero attached hydrogens (tertiary/aromatic N) is 2. The lowest BCUT2D eigenvalue weighted by molar-refractivity contribution is -0.127. The Bertz CT molecular complexity index is 245. The van der Waals surface area contributed by atoms with E-state index in [2.05, 4.69) is 10.6 Å². The first-order valence-electron chi connectivity index (χ1n) is 3.99. The van der Waals surface area contributed by atoms with E-state index in [4.69, 9.17) is 10.9 Å². The molecule has 74 valence electrons. The molecule has 0 spiro atoms. The second-order valence-corrected chi connectivity index (χ2v) is 3.40. The molecule has 1 saturated carbocycles. The highest BCUT2D eigenvalue weighted by Gasteiger charge is 2.54. The topological polar surface area (TPSA) is 91.0 Å². The van der Waals surface area contributed by atoms with Crippen LogP contribution in [0, 0.1) is 5.41 Å². The van der Waals surface area contributed by atoms with Gasteiger partial charge in [0.1, 0.15) is 5.41 Å². The van der Waals surface area contributed by atoms with Gasteiger partial charge in [0.15, 0.2) is 5.84 Å². The van der Waals surface area contributed by atoms with E-state index < -0.39 is 5.41 Å². The monoisotopic (exact) mass is 186 g/mol. The van der Waals surface area contributed by atoms with Gasteiger partial charge in [-0.2, -0.15) is 0 Å². The van der Waals surface area contributed by atoms with Crippen LogP contribution in [0.25, 0.3) is 0 Å². The van der Waals surface area contributed by atoms with Crippen molar-refractivity contribution in [2.24, 2.45) is 16.3 Å². The van der Waals surface area contributed by atoms with Crippen molar-refractivity contribution in [1.82, 2.24) is 10.4 Å². The maximum absolute atomic E-state index is 11.5. The van der Waals surface area contributed by atoms with Crippen LogP contribution in [0.15, 0.2) is 5.16 Å². The minimum atomic E-state index is -0.765. The van der Waals surface area contributed by atoms with Crippen molar-refractivity contribution in [3.8, 4) is 0 Å². The first kappa shape index (κ1) is 9.79. The normalized spacial score (nSPS) is 20.1. The first-order valence-corrected chi connectivity index (χ1v) is 3.99. The van der Waals surface area contributed by atoms with Crippen LogP contribution >= 0.6 is 0 Å². The molecule has 1 aliphatic carbocycles. The van der Waals surface area contributed by atoms with Crippen molar-refractivity contribution in [1.29, 1.82) is 0 Å². The van der Waals surface area contributed by atoms with Gasteiger partial charge in [0.2, 0.25) is 5.91 Å². The molecular weight excluding hydrogens is 172 g/mol. The van der Waals surface area contributed by atoms with Crippen molar-refractivity contribution in [2.45, 2.75) is 12.8 Å². The van der Waals surface area contributed by atoms with Crippen molar-refractivity contribution in [2.75, 3.05) is 14.1 Å². The van der Waals surface area contributed by atoms with Crippen LogP contribution < -0.4 is 11.2 Å². The highest BCUT2D eigenvalue weighted by Crippen LogP contribution is 2.45. The van der Waals surface area contributed by atoms with Gasteiger partial charge >= 0.3 is 0 Å². The summed E-state index contributed by atoms with van der Waals surface area (Å²) in [7, 11) is 3.42. The number of nitrogens with two attached hydrogens (primary N) is 1. The van der Waals surface area contributed by atoms with E-state index in [0.717, 1.165) is 0 Å². The lowest BCUT2D eigenvalue weighted by Crippen LogP contribution is -2.46. The Morgan fingerprint density at radius 3 is 2.46 bits per heavy atom. The van der Waals surface area contributed by atoms with Gasteiger partial charge in [0.05, 0.1) is 0 Å². The van der Waals surface area contributed by atoms with Gasteiger partial charge in [-0.1, -0.05) is 5.16 Å². The van der Waals surface area contributed by atoms with Crippen LogP contribution in [0.1, 0.15) is 12.8 Å². The fourth-order valence-corrected chi connectivity index (χ4v) is 1.13. The fourth-order valence-electron chi connectivity index (χ4n) is 1.13. The molecule has 1 fully saturated rings. The summed E-state index contributed by atoms with van der Waals surface area (Å²) in [6.45, 7) is 0.